The number of pyridine rings is 2. The van der Waals surface area contributed by atoms with E-state index >= 15 is 0 Å². The Kier molecular flexibility index (Phi) is 5.92. The van der Waals surface area contributed by atoms with Crippen LogP contribution in [-0.4, -0.2) is 71.3 Å². The van der Waals surface area contributed by atoms with Crippen LogP contribution in [0.25, 0.3) is 22.2 Å². The van der Waals surface area contributed by atoms with E-state index in [9.17, 15) is 0 Å². The van der Waals surface area contributed by atoms with Crippen molar-refractivity contribution in [2.24, 2.45) is 7.05 Å². The van der Waals surface area contributed by atoms with Crippen LogP contribution < -0.4 is 9.47 Å². The van der Waals surface area contributed by atoms with Gasteiger partial charge < -0.3 is 18.9 Å². The van der Waals surface area contributed by atoms with E-state index in [0.717, 1.165) is 66.3 Å². The predicted molar refractivity (Wildman–Crippen MR) is 119 cm³/mol. The highest BCUT2D eigenvalue weighted by molar-refractivity contribution is 5.89. The lowest BCUT2D eigenvalue weighted by molar-refractivity contribution is 0.114. The van der Waals surface area contributed by atoms with Crippen LogP contribution >= 0.6 is 0 Å². The van der Waals surface area contributed by atoms with Crippen LogP contribution in [0.3, 0.4) is 0 Å². The first-order chi connectivity index (χ1) is 14.6. The number of rotatable bonds is 6. The molecule has 0 aromatic carbocycles. The number of hydrogen-bond donors (Lipinski definition) is 0. The molecule has 1 aliphatic heterocycles. The third kappa shape index (κ3) is 3.63. The maximum Gasteiger partial charge on any atom is 0.226 e. The van der Waals surface area contributed by atoms with Gasteiger partial charge in [-0.15, -0.1) is 0 Å². The molecule has 0 amide bonds. The van der Waals surface area contributed by atoms with E-state index in [4.69, 9.17) is 14.5 Å². The highest BCUT2D eigenvalue weighted by atomic mass is 16.5. The van der Waals surface area contributed by atoms with Crippen LogP contribution in [0.15, 0.2) is 30.6 Å². The molecule has 0 aliphatic carbocycles. The van der Waals surface area contributed by atoms with Gasteiger partial charge in [-0.3, -0.25) is 9.88 Å². The zero-order valence-electron chi connectivity index (χ0n) is 18.3. The molecule has 1 saturated heterocycles. The first-order valence-electron chi connectivity index (χ1n) is 10.4. The average molecular weight is 409 g/mol. The fourth-order valence-electron chi connectivity index (χ4n) is 4.24. The number of aromatic nitrogens is 3. The molecule has 4 rings (SSSR count). The van der Waals surface area contributed by atoms with Gasteiger partial charge in [0.15, 0.2) is 0 Å². The second-order valence-electron chi connectivity index (χ2n) is 7.64. The molecule has 1 fully saturated rings. The van der Waals surface area contributed by atoms with Gasteiger partial charge in [-0.1, -0.05) is 6.92 Å². The van der Waals surface area contributed by atoms with Gasteiger partial charge in [0.05, 0.1) is 43.4 Å². The molecule has 3 aromatic heterocycles. The van der Waals surface area contributed by atoms with Gasteiger partial charge in [0.25, 0.3) is 0 Å². The van der Waals surface area contributed by atoms with E-state index in [1.54, 1.807) is 20.4 Å². The zero-order valence-corrected chi connectivity index (χ0v) is 18.3. The maximum absolute atomic E-state index is 5.58. The Morgan fingerprint density at radius 1 is 1.10 bits per heavy atom. The standard InChI is InChI=1S/C23H30N5O2/c1-6-27-9-11-28(12-10-27)16(2)18-13-17-14-19(26(3)20(17)15-25-18)22-21(29-4)7-8-24-23(22)30-5/h7-8,13-16H,2,6,9-12H2,1,3-5H3. The first-order valence-corrected chi connectivity index (χ1v) is 10.4. The van der Waals surface area contributed by atoms with Crippen molar-refractivity contribution < 1.29 is 9.47 Å². The summed E-state index contributed by atoms with van der Waals surface area (Å²) in [5.41, 5.74) is 3.85. The summed E-state index contributed by atoms with van der Waals surface area (Å²) in [6.45, 7) is 11.9. The largest absolute Gasteiger partial charge is 0.496 e. The van der Waals surface area contributed by atoms with Gasteiger partial charge in [-0.25, -0.2) is 4.98 Å². The quantitative estimate of drug-likeness (QED) is 0.625. The van der Waals surface area contributed by atoms with Crippen molar-refractivity contribution in [2.45, 2.75) is 13.0 Å². The van der Waals surface area contributed by atoms with E-state index in [1.807, 2.05) is 19.3 Å². The highest BCUT2D eigenvalue weighted by Crippen LogP contribution is 2.39. The summed E-state index contributed by atoms with van der Waals surface area (Å²) in [4.78, 5) is 14.0. The minimum atomic E-state index is 0.0412. The molecule has 0 bridgehead atoms. The summed E-state index contributed by atoms with van der Waals surface area (Å²) in [5.74, 6) is 1.27. The first kappa shape index (κ1) is 20.6. The number of nitrogens with zero attached hydrogens (tertiary/aromatic N) is 5. The number of aryl methyl sites for hydroxylation is 1. The van der Waals surface area contributed by atoms with Crippen molar-refractivity contribution in [3.05, 3.63) is 43.2 Å². The van der Waals surface area contributed by atoms with Crippen molar-refractivity contribution in [3.63, 3.8) is 0 Å². The molecule has 1 radical (unpaired) electrons. The molecule has 0 N–H and O–H groups in total. The third-order valence-corrected chi connectivity index (χ3v) is 6.13. The van der Waals surface area contributed by atoms with Crippen LogP contribution in [-0.2, 0) is 7.05 Å². The van der Waals surface area contributed by atoms with E-state index in [0.29, 0.717) is 5.88 Å². The van der Waals surface area contributed by atoms with Crippen LogP contribution in [0.4, 0.5) is 0 Å². The van der Waals surface area contributed by atoms with Crippen LogP contribution in [0.2, 0.25) is 0 Å². The third-order valence-electron chi connectivity index (χ3n) is 6.13. The number of methoxy groups -OCH3 is 2. The summed E-state index contributed by atoms with van der Waals surface area (Å²) in [7, 11) is 5.31. The summed E-state index contributed by atoms with van der Waals surface area (Å²) in [5, 5.41) is 1.12. The predicted octanol–water partition coefficient (Wildman–Crippen LogP) is 3.17. The monoisotopic (exact) mass is 408 g/mol. The highest BCUT2D eigenvalue weighted by Gasteiger charge is 2.23. The molecule has 30 heavy (non-hydrogen) atoms. The molecule has 0 saturated carbocycles. The van der Waals surface area contributed by atoms with E-state index in [2.05, 4.69) is 45.3 Å². The smallest absolute Gasteiger partial charge is 0.226 e. The van der Waals surface area contributed by atoms with Gasteiger partial charge in [-0.05, 0) is 31.7 Å². The summed E-state index contributed by atoms with van der Waals surface area (Å²) in [6, 6.07) is 6.18. The fourth-order valence-corrected chi connectivity index (χ4v) is 4.24. The zero-order chi connectivity index (χ0) is 21.3. The fraction of sp³-hybridized carbons (Fsp3) is 0.435. The Morgan fingerprint density at radius 2 is 1.87 bits per heavy atom. The minimum absolute atomic E-state index is 0.0412. The van der Waals surface area contributed by atoms with Gasteiger partial charge in [-0.2, -0.15) is 0 Å². The number of ether oxygens (including phenoxy) is 2. The second-order valence-corrected chi connectivity index (χ2v) is 7.64. The molecule has 1 atom stereocenters. The van der Waals surface area contributed by atoms with E-state index in [1.165, 1.54) is 0 Å². The van der Waals surface area contributed by atoms with Crippen molar-refractivity contribution in [2.75, 3.05) is 46.9 Å². The lowest BCUT2D eigenvalue weighted by Crippen LogP contribution is -2.47. The molecule has 159 valence electrons. The Balaban J connectivity index is 1.69. The van der Waals surface area contributed by atoms with Crippen molar-refractivity contribution in [3.8, 4) is 22.9 Å². The van der Waals surface area contributed by atoms with E-state index in [-0.39, 0.29) is 6.04 Å². The SMILES string of the molecule is [CH2]C(c1cc2cc(-c3c(OC)ccnc3OC)n(C)c2cn1)N1CCN(CC)CC1. The Morgan fingerprint density at radius 3 is 2.53 bits per heavy atom. The molecule has 7 heteroatoms. The van der Waals surface area contributed by atoms with Crippen LogP contribution in [0.5, 0.6) is 11.6 Å². The Bertz CT molecular complexity index is 1000. The maximum atomic E-state index is 5.58. The van der Waals surface area contributed by atoms with Crippen molar-refractivity contribution in [1.29, 1.82) is 0 Å². The molecule has 3 aromatic rings. The van der Waals surface area contributed by atoms with Crippen molar-refractivity contribution >= 4 is 10.9 Å². The summed E-state index contributed by atoms with van der Waals surface area (Å²) in [6.07, 6.45) is 3.62. The number of likely N-dealkylation sites (N-methyl/N-ethyl adjacent to an activating group) is 1. The Hall–Kier alpha value is -2.64. The summed E-state index contributed by atoms with van der Waals surface area (Å²) < 4.78 is 13.2. The minimum Gasteiger partial charge on any atom is -0.496 e. The molecule has 4 heterocycles. The van der Waals surface area contributed by atoms with Crippen LogP contribution in [0.1, 0.15) is 18.7 Å². The normalized spacial score (nSPS) is 16.7. The molecular weight excluding hydrogens is 378 g/mol. The second kappa shape index (κ2) is 8.62. The molecule has 7 nitrogen and oxygen atoms in total. The molecule has 0 spiro atoms. The van der Waals surface area contributed by atoms with E-state index < -0.39 is 0 Å². The van der Waals surface area contributed by atoms with Gasteiger partial charge >= 0.3 is 0 Å². The molecule has 1 aliphatic rings. The van der Waals surface area contributed by atoms with Gasteiger partial charge in [0.1, 0.15) is 11.3 Å². The van der Waals surface area contributed by atoms with Gasteiger partial charge in [0, 0.05) is 44.8 Å². The molecule has 1 unspecified atom stereocenters. The Labute approximate surface area is 178 Å². The summed E-state index contributed by atoms with van der Waals surface area (Å²) >= 11 is 0. The molecular formula is C23H30N5O2. The number of piperazine rings is 1. The lowest BCUT2D eigenvalue weighted by Gasteiger charge is -2.37. The topological polar surface area (TPSA) is 55.7 Å². The lowest BCUT2D eigenvalue weighted by atomic mass is 10.1. The number of fused-ring (bicyclic) bond motifs is 1. The van der Waals surface area contributed by atoms with Gasteiger partial charge in [0.2, 0.25) is 5.88 Å². The van der Waals surface area contributed by atoms with Crippen molar-refractivity contribution in [1.82, 2.24) is 24.3 Å². The van der Waals surface area contributed by atoms with Crippen LogP contribution in [0, 0.1) is 6.92 Å². The number of hydrogen-bond acceptors (Lipinski definition) is 6. The average Bonchev–Trinajstić information content (AvgIpc) is 3.13.